The minimum atomic E-state index is -0.266. The van der Waals surface area contributed by atoms with Gasteiger partial charge in [0.05, 0.1) is 25.6 Å². The molecule has 1 fully saturated rings. The largest absolute Gasteiger partial charge is 0.496 e. The zero-order valence-corrected chi connectivity index (χ0v) is 15.5. The molecule has 1 saturated carbocycles. The molecule has 1 aromatic rings. The number of nitrogens with two attached hydrogens (primary N) is 2. The zero-order chi connectivity index (χ0) is 18.2. The van der Waals surface area contributed by atoms with E-state index in [0.29, 0.717) is 29.0 Å². The van der Waals surface area contributed by atoms with Crippen molar-refractivity contribution in [1.29, 1.82) is 0 Å². The Balaban J connectivity index is 0.000000300. The highest BCUT2D eigenvalue weighted by Crippen LogP contribution is 2.34. The molecule has 1 aromatic carbocycles. The fourth-order valence-electron chi connectivity index (χ4n) is 2.89. The first-order valence-electron chi connectivity index (χ1n) is 8.58. The Morgan fingerprint density at radius 1 is 1.08 bits per heavy atom. The number of anilines is 2. The Morgan fingerprint density at radius 3 is 2.12 bits per heavy atom. The molecule has 24 heavy (non-hydrogen) atoms. The molecule has 5 heteroatoms. The van der Waals surface area contributed by atoms with Crippen LogP contribution in [0.25, 0.3) is 0 Å². The smallest absolute Gasteiger partial charge is 0.305 e. The summed E-state index contributed by atoms with van der Waals surface area (Å²) < 4.78 is 9.72. The number of ether oxygens (including phenoxy) is 2. The molecular weight excluding hydrogens is 304 g/mol. The van der Waals surface area contributed by atoms with Crippen LogP contribution in [0.15, 0.2) is 12.1 Å². The van der Waals surface area contributed by atoms with Crippen molar-refractivity contribution in [2.45, 2.75) is 58.8 Å². The zero-order valence-electron chi connectivity index (χ0n) is 15.5. The minimum Gasteiger partial charge on any atom is -0.496 e. The number of rotatable bonds is 4. The predicted octanol–water partition coefficient (Wildman–Crippen LogP) is 3.94. The number of methoxy groups -OCH3 is 2. The molecule has 0 bridgehead atoms. The summed E-state index contributed by atoms with van der Waals surface area (Å²) in [6.07, 6.45) is 8.11. The van der Waals surface area contributed by atoms with Gasteiger partial charge in [0.1, 0.15) is 5.75 Å². The van der Waals surface area contributed by atoms with Crippen LogP contribution in [0.5, 0.6) is 5.75 Å². The monoisotopic (exact) mass is 336 g/mol. The highest BCUT2D eigenvalue weighted by Gasteiger charge is 2.19. The van der Waals surface area contributed by atoms with E-state index in [1.54, 1.807) is 19.2 Å². The Morgan fingerprint density at radius 2 is 1.67 bits per heavy atom. The van der Waals surface area contributed by atoms with Crippen LogP contribution in [0.3, 0.4) is 0 Å². The predicted molar refractivity (Wildman–Crippen MR) is 99.0 cm³/mol. The maximum absolute atomic E-state index is 11.0. The lowest BCUT2D eigenvalue weighted by Gasteiger charge is -2.28. The van der Waals surface area contributed by atoms with E-state index in [1.165, 1.54) is 39.2 Å². The van der Waals surface area contributed by atoms with E-state index in [1.807, 2.05) is 0 Å². The Labute approximate surface area is 145 Å². The number of carbonyl (C=O) groups is 1. The van der Waals surface area contributed by atoms with Crippen molar-refractivity contribution in [3.63, 3.8) is 0 Å². The number of nitrogen functional groups attached to an aromatic ring is 2. The van der Waals surface area contributed by atoms with Gasteiger partial charge >= 0.3 is 5.97 Å². The average Bonchev–Trinajstić information content (AvgIpc) is 2.55. The summed E-state index contributed by atoms with van der Waals surface area (Å²) in [6, 6.07) is 3.37. The lowest BCUT2D eigenvalue weighted by atomic mass is 9.78. The minimum absolute atomic E-state index is 0.266. The molecule has 2 rings (SSSR count). The molecule has 1 aliphatic rings. The lowest BCUT2D eigenvalue weighted by Crippen LogP contribution is -2.14. The number of aryl methyl sites for hydroxylation is 1. The van der Waals surface area contributed by atoms with Gasteiger partial charge in [0.15, 0.2) is 0 Å². The fraction of sp³-hybridized carbons (Fsp3) is 0.632. The summed E-state index contributed by atoms with van der Waals surface area (Å²) in [6.45, 7) is 4.76. The molecule has 0 aliphatic heterocycles. The summed E-state index contributed by atoms with van der Waals surface area (Å²) in [5.41, 5.74) is 13.8. The molecule has 4 N–H and O–H groups in total. The highest BCUT2D eigenvalue weighted by molar-refractivity contribution is 5.71. The molecule has 0 unspecified atom stereocenters. The summed E-state index contributed by atoms with van der Waals surface area (Å²) in [7, 11) is 2.91. The summed E-state index contributed by atoms with van der Waals surface area (Å²) in [5.74, 6) is 0.369. The first-order chi connectivity index (χ1) is 11.3. The van der Waals surface area contributed by atoms with Gasteiger partial charge in [-0.25, -0.2) is 0 Å². The van der Waals surface area contributed by atoms with E-state index < -0.39 is 0 Å². The second-order valence-corrected chi connectivity index (χ2v) is 7.09. The van der Waals surface area contributed by atoms with Crippen LogP contribution in [0, 0.1) is 5.41 Å². The van der Waals surface area contributed by atoms with E-state index in [2.05, 4.69) is 18.6 Å². The van der Waals surface area contributed by atoms with Crippen LogP contribution < -0.4 is 16.2 Å². The van der Waals surface area contributed by atoms with Crippen LogP contribution in [-0.4, -0.2) is 20.2 Å². The van der Waals surface area contributed by atoms with Gasteiger partial charge in [0.2, 0.25) is 0 Å². The van der Waals surface area contributed by atoms with Gasteiger partial charge in [0.25, 0.3) is 0 Å². The van der Waals surface area contributed by atoms with E-state index in [0.717, 1.165) is 5.56 Å². The quantitative estimate of drug-likeness (QED) is 0.642. The standard InChI is InChI=1S/C11H16N2O3.C8H16/c1-15-10-6-9(13)8(12)5-7(10)3-4-11(14)16-2;1-8(2)6-4-3-5-7-8/h5-6H,3-4,12-13H2,1-2H3;3-7H2,1-2H3. The molecule has 1 aliphatic carbocycles. The van der Waals surface area contributed by atoms with Gasteiger partial charge in [-0.1, -0.05) is 33.1 Å². The van der Waals surface area contributed by atoms with Crippen molar-refractivity contribution in [3.05, 3.63) is 17.7 Å². The molecule has 0 heterocycles. The SMILES string of the molecule is CC1(C)CCCCC1.COC(=O)CCc1cc(N)c(N)cc1OC. The van der Waals surface area contributed by atoms with Gasteiger partial charge in [-0.15, -0.1) is 0 Å². The van der Waals surface area contributed by atoms with Crippen molar-refractivity contribution in [2.24, 2.45) is 5.41 Å². The molecule has 0 amide bonds. The topological polar surface area (TPSA) is 87.6 Å². The van der Waals surface area contributed by atoms with Crippen LogP contribution in [0.1, 0.15) is 57.9 Å². The third-order valence-electron chi connectivity index (χ3n) is 4.52. The third-order valence-corrected chi connectivity index (χ3v) is 4.52. The first-order valence-corrected chi connectivity index (χ1v) is 8.58. The third kappa shape index (κ3) is 6.69. The van der Waals surface area contributed by atoms with Crippen LogP contribution in [0.4, 0.5) is 11.4 Å². The lowest BCUT2D eigenvalue weighted by molar-refractivity contribution is -0.140. The average molecular weight is 336 g/mol. The van der Waals surface area contributed by atoms with E-state index >= 15 is 0 Å². The summed E-state index contributed by atoms with van der Waals surface area (Å²) in [4.78, 5) is 11.0. The Bertz CT molecular complexity index is 534. The highest BCUT2D eigenvalue weighted by atomic mass is 16.5. The van der Waals surface area contributed by atoms with Gasteiger partial charge in [-0.05, 0) is 36.3 Å². The van der Waals surface area contributed by atoms with Gasteiger partial charge in [0, 0.05) is 12.5 Å². The second kappa shape index (κ2) is 9.40. The number of hydrogen-bond acceptors (Lipinski definition) is 5. The van der Waals surface area contributed by atoms with Crippen molar-refractivity contribution in [1.82, 2.24) is 0 Å². The number of carbonyl (C=O) groups excluding carboxylic acids is 1. The summed E-state index contributed by atoms with van der Waals surface area (Å²) in [5, 5.41) is 0. The van der Waals surface area contributed by atoms with Crippen LogP contribution >= 0.6 is 0 Å². The van der Waals surface area contributed by atoms with E-state index in [9.17, 15) is 4.79 Å². The number of benzene rings is 1. The normalized spacial score (nSPS) is 15.8. The molecular formula is C19H32N2O3. The van der Waals surface area contributed by atoms with Gasteiger partial charge < -0.3 is 20.9 Å². The van der Waals surface area contributed by atoms with Crippen molar-refractivity contribution < 1.29 is 14.3 Å². The Kier molecular flexibility index (Phi) is 7.89. The van der Waals surface area contributed by atoms with E-state index in [4.69, 9.17) is 16.2 Å². The van der Waals surface area contributed by atoms with Crippen molar-refractivity contribution in [2.75, 3.05) is 25.7 Å². The van der Waals surface area contributed by atoms with Crippen LogP contribution in [0.2, 0.25) is 0 Å². The maximum Gasteiger partial charge on any atom is 0.305 e. The number of esters is 1. The van der Waals surface area contributed by atoms with Gasteiger partial charge in [-0.3, -0.25) is 4.79 Å². The van der Waals surface area contributed by atoms with Crippen molar-refractivity contribution in [3.8, 4) is 5.75 Å². The number of hydrogen-bond donors (Lipinski definition) is 2. The second-order valence-electron chi connectivity index (χ2n) is 7.09. The maximum atomic E-state index is 11.0. The molecule has 0 radical (unpaired) electrons. The summed E-state index contributed by atoms with van der Waals surface area (Å²) >= 11 is 0. The van der Waals surface area contributed by atoms with Gasteiger partial charge in [-0.2, -0.15) is 0 Å². The van der Waals surface area contributed by atoms with Crippen molar-refractivity contribution >= 4 is 17.3 Å². The molecule has 5 nitrogen and oxygen atoms in total. The Hall–Kier alpha value is -1.91. The fourth-order valence-corrected chi connectivity index (χ4v) is 2.89. The van der Waals surface area contributed by atoms with E-state index in [-0.39, 0.29) is 12.4 Å². The molecule has 0 aromatic heterocycles. The van der Waals surface area contributed by atoms with Crippen LogP contribution in [-0.2, 0) is 16.0 Å². The molecule has 0 spiro atoms. The molecule has 0 atom stereocenters. The molecule has 136 valence electrons. The molecule has 0 saturated heterocycles. The first kappa shape index (κ1) is 20.1.